The number of hydrogen-bond acceptors (Lipinski definition) is 6. The van der Waals surface area contributed by atoms with Crippen molar-refractivity contribution in [1.29, 1.82) is 5.26 Å². The largest absolute Gasteiger partial charge is 0.471 e. The molecule has 0 aliphatic heterocycles. The zero-order valence-electron chi connectivity index (χ0n) is 11.6. The molecule has 24 heavy (non-hydrogen) atoms. The minimum atomic E-state index is -4.80. The molecule has 0 amide bonds. The van der Waals surface area contributed by atoms with Crippen LogP contribution < -0.4 is 0 Å². The van der Waals surface area contributed by atoms with Crippen molar-refractivity contribution in [2.24, 2.45) is 0 Å². The molecular weight excluding hydrogens is 332 g/mol. The van der Waals surface area contributed by atoms with Crippen LogP contribution in [-0.4, -0.2) is 24.9 Å². The van der Waals surface area contributed by atoms with Crippen molar-refractivity contribution in [1.82, 2.24) is 24.9 Å². The minimum Gasteiger partial charge on any atom is -0.329 e. The van der Waals surface area contributed by atoms with Crippen LogP contribution >= 0.6 is 0 Å². The topological polar surface area (TPSA) is 93.4 Å². The van der Waals surface area contributed by atoms with E-state index in [1.54, 1.807) is 0 Å². The van der Waals surface area contributed by atoms with Gasteiger partial charge in [-0.1, -0.05) is 11.2 Å². The van der Waals surface area contributed by atoms with Crippen LogP contribution in [0.2, 0.25) is 0 Å². The van der Waals surface area contributed by atoms with Gasteiger partial charge in [0.2, 0.25) is 11.6 Å². The maximum atomic E-state index is 14.1. The molecule has 0 saturated carbocycles. The average Bonchev–Trinajstić information content (AvgIpc) is 3.15. The lowest BCUT2D eigenvalue weighted by Gasteiger charge is -2.04. The van der Waals surface area contributed by atoms with Crippen LogP contribution in [0.25, 0.3) is 11.4 Å². The number of nitrogens with zero attached hydrogens (tertiary/aromatic N) is 6. The van der Waals surface area contributed by atoms with E-state index in [0.717, 1.165) is 6.07 Å². The zero-order valence-corrected chi connectivity index (χ0v) is 11.6. The SMILES string of the molecule is N#Cc1ncnn1Cc1ccc(-c2noc(C(F)(F)F)n2)c(F)c1. The van der Waals surface area contributed by atoms with Crippen LogP contribution in [0.3, 0.4) is 0 Å². The normalized spacial score (nSPS) is 11.5. The van der Waals surface area contributed by atoms with Crippen LogP contribution in [-0.2, 0) is 12.7 Å². The summed E-state index contributed by atoms with van der Waals surface area (Å²) in [6.45, 7) is 0.0696. The van der Waals surface area contributed by atoms with Crippen molar-refractivity contribution < 1.29 is 22.1 Å². The summed E-state index contributed by atoms with van der Waals surface area (Å²) in [5.41, 5.74) is 0.190. The van der Waals surface area contributed by atoms with Gasteiger partial charge >= 0.3 is 12.1 Å². The Labute approximate surface area is 131 Å². The molecule has 0 spiro atoms. The number of rotatable bonds is 3. The molecule has 0 N–H and O–H groups in total. The summed E-state index contributed by atoms with van der Waals surface area (Å²) in [4.78, 5) is 6.83. The highest BCUT2D eigenvalue weighted by atomic mass is 19.4. The van der Waals surface area contributed by atoms with Crippen molar-refractivity contribution in [2.75, 3.05) is 0 Å². The van der Waals surface area contributed by atoms with E-state index in [9.17, 15) is 17.6 Å². The first-order valence-electron chi connectivity index (χ1n) is 6.36. The van der Waals surface area contributed by atoms with Gasteiger partial charge in [-0.2, -0.15) is 28.5 Å². The Kier molecular flexibility index (Phi) is 3.72. The highest BCUT2D eigenvalue weighted by molar-refractivity contribution is 5.55. The van der Waals surface area contributed by atoms with Crippen molar-refractivity contribution in [3.63, 3.8) is 0 Å². The quantitative estimate of drug-likeness (QED) is 0.681. The van der Waals surface area contributed by atoms with Gasteiger partial charge in [-0.3, -0.25) is 0 Å². The smallest absolute Gasteiger partial charge is 0.329 e. The van der Waals surface area contributed by atoms with E-state index in [1.165, 1.54) is 23.1 Å². The Morgan fingerprint density at radius 3 is 2.71 bits per heavy atom. The highest BCUT2D eigenvalue weighted by Gasteiger charge is 2.38. The molecule has 3 aromatic rings. The molecule has 0 aliphatic rings. The molecule has 11 heteroatoms. The molecule has 0 radical (unpaired) electrons. The minimum absolute atomic E-state index is 0.0486. The summed E-state index contributed by atoms with van der Waals surface area (Å²) in [7, 11) is 0. The first kappa shape index (κ1) is 15.6. The Morgan fingerprint density at radius 1 is 1.29 bits per heavy atom. The Balaban J connectivity index is 1.88. The van der Waals surface area contributed by atoms with Crippen molar-refractivity contribution in [3.8, 4) is 17.5 Å². The predicted octanol–water partition coefficient (Wildman–Crippen LogP) is 2.41. The van der Waals surface area contributed by atoms with E-state index < -0.39 is 23.7 Å². The van der Waals surface area contributed by atoms with Gasteiger partial charge in [-0.25, -0.2) is 14.1 Å². The van der Waals surface area contributed by atoms with Crippen molar-refractivity contribution in [3.05, 3.63) is 47.6 Å². The molecule has 0 atom stereocenters. The molecular formula is C13H6F4N6O. The van der Waals surface area contributed by atoms with Crippen LogP contribution in [0.15, 0.2) is 29.0 Å². The number of halogens is 4. The second kappa shape index (κ2) is 5.73. The lowest BCUT2D eigenvalue weighted by Crippen LogP contribution is -2.05. The number of nitriles is 1. The maximum absolute atomic E-state index is 14.1. The molecule has 2 aromatic heterocycles. The number of aromatic nitrogens is 5. The summed E-state index contributed by atoms with van der Waals surface area (Å²) in [5.74, 6) is -2.85. The van der Waals surface area contributed by atoms with Gasteiger partial charge in [0, 0.05) is 0 Å². The molecule has 2 heterocycles. The Hall–Kier alpha value is -3.29. The summed E-state index contributed by atoms with van der Waals surface area (Å²) < 4.78 is 56.8. The first-order chi connectivity index (χ1) is 11.4. The van der Waals surface area contributed by atoms with Crippen LogP contribution in [0, 0.1) is 17.1 Å². The number of hydrogen-bond donors (Lipinski definition) is 0. The fourth-order valence-electron chi connectivity index (χ4n) is 1.93. The summed E-state index contributed by atoms with van der Waals surface area (Å²) in [6, 6.07) is 5.58. The van der Waals surface area contributed by atoms with Crippen LogP contribution in [0.1, 0.15) is 17.3 Å². The third-order valence-electron chi connectivity index (χ3n) is 2.99. The molecule has 0 bridgehead atoms. The second-order valence-corrected chi connectivity index (χ2v) is 4.59. The van der Waals surface area contributed by atoms with Gasteiger partial charge in [0.05, 0.1) is 12.1 Å². The molecule has 0 unspecified atom stereocenters. The van der Waals surface area contributed by atoms with E-state index in [1.807, 2.05) is 6.07 Å². The predicted molar refractivity (Wildman–Crippen MR) is 68.5 cm³/mol. The second-order valence-electron chi connectivity index (χ2n) is 4.59. The van der Waals surface area contributed by atoms with Crippen molar-refractivity contribution >= 4 is 0 Å². The third kappa shape index (κ3) is 2.94. The maximum Gasteiger partial charge on any atom is 0.471 e. The summed E-state index contributed by atoms with van der Waals surface area (Å²) >= 11 is 0. The fraction of sp³-hybridized carbons (Fsp3) is 0.154. The number of alkyl halides is 3. The lowest BCUT2D eigenvalue weighted by atomic mass is 10.1. The van der Waals surface area contributed by atoms with Gasteiger partial charge in [-0.15, -0.1) is 0 Å². The van der Waals surface area contributed by atoms with E-state index >= 15 is 0 Å². The molecule has 0 fully saturated rings. The van der Waals surface area contributed by atoms with E-state index in [-0.39, 0.29) is 17.9 Å². The van der Waals surface area contributed by atoms with Gasteiger partial charge in [0.1, 0.15) is 18.2 Å². The van der Waals surface area contributed by atoms with Gasteiger partial charge in [0.25, 0.3) is 0 Å². The first-order valence-corrected chi connectivity index (χ1v) is 6.36. The van der Waals surface area contributed by atoms with E-state index in [4.69, 9.17) is 5.26 Å². The molecule has 3 rings (SSSR count). The molecule has 0 saturated heterocycles. The lowest BCUT2D eigenvalue weighted by molar-refractivity contribution is -0.159. The zero-order chi connectivity index (χ0) is 17.3. The summed E-state index contributed by atoms with van der Waals surface area (Å²) in [5, 5.41) is 15.8. The fourth-order valence-corrected chi connectivity index (χ4v) is 1.93. The third-order valence-corrected chi connectivity index (χ3v) is 2.99. The average molecular weight is 338 g/mol. The summed E-state index contributed by atoms with van der Waals surface area (Å²) in [6.07, 6.45) is -3.62. The van der Waals surface area contributed by atoms with Gasteiger partial charge in [0.15, 0.2) is 0 Å². The monoisotopic (exact) mass is 338 g/mol. The van der Waals surface area contributed by atoms with Gasteiger partial charge < -0.3 is 4.52 Å². The van der Waals surface area contributed by atoms with E-state index in [2.05, 4.69) is 24.7 Å². The number of benzene rings is 1. The molecule has 7 nitrogen and oxygen atoms in total. The van der Waals surface area contributed by atoms with Crippen molar-refractivity contribution in [2.45, 2.75) is 12.7 Å². The Morgan fingerprint density at radius 2 is 2.08 bits per heavy atom. The molecule has 1 aromatic carbocycles. The molecule has 0 aliphatic carbocycles. The molecule has 122 valence electrons. The van der Waals surface area contributed by atoms with Crippen LogP contribution in [0.4, 0.5) is 17.6 Å². The Bertz CT molecular complexity index is 923. The highest BCUT2D eigenvalue weighted by Crippen LogP contribution is 2.30. The van der Waals surface area contributed by atoms with Gasteiger partial charge in [-0.05, 0) is 17.7 Å². The standard InChI is InChI=1S/C13H6F4N6O/c14-9-3-7(5-23-10(4-18)19-6-20-23)1-2-8(9)11-21-12(24-22-11)13(15,16)17/h1-3,6H,5H2. The van der Waals surface area contributed by atoms with Crippen LogP contribution in [0.5, 0.6) is 0 Å². The van der Waals surface area contributed by atoms with E-state index in [0.29, 0.717) is 5.56 Å².